The Morgan fingerprint density at radius 3 is 1.92 bits per heavy atom. The SMILES string of the molecule is COC(=O)CC(C)=O.COC(=O)c1c(C)[nH]c2ccc(Cl)cc2c1=O.O=c1[nH]c2ccc(Cl)cc2c(=O)o1. The monoisotopic (exact) mass is 564 g/mol. The Kier molecular flexibility index (Phi) is 10.5. The van der Waals surface area contributed by atoms with Crippen LogP contribution in [0.1, 0.15) is 29.4 Å². The van der Waals surface area contributed by atoms with E-state index in [1.807, 2.05) is 0 Å². The number of carbonyl (C=O) groups excluding carboxylic acids is 3. The third kappa shape index (κ3) is 7.89. The average Bonchev–Trinajstić information content (AvgIpc) is 2.85. The molecule has 0 aliphatic rings. The highest BCUT2D eigenvalue weighted by Gasteiger charge is 2.17. The van der Waals surface area contributed by atoms with E-state index in [2.05, 4.69) is 23.9 Å². The van der Waals surface area contributed by atoms with Crippen molar-refractivity contribution >= 4 is 62.7 Å². The lowest BCUT2D eigenvalue weighted by Crippen LogP contribution is -2.19. The summed E-state index contributed by atoms with van der Waals surface area (Å²) in [7, 11) is 2.49. The number of ketones is 1. The van der Waals surface area contributed by atoms with Gasteiger partial charge in [-0.3, -0.25) is 19.4 Å². The van der Waals surface area contributed by atoms with Crippen molar-refractivity contribution in [1.82, 2.24) is 9.97 Å². The molecule has 0 aliphatic heterocycles. The fourth-order valence-electron chi connectivity index (χ4n) is 3.08. The maximum atomic E-state index is 12.1. The molecule has 2 heterocycles. The van der Waals surface area contributed by atoms with Crippen molar-refractivity contribution in [2.45, 2.75) is 20.3 Å². The van der Waals surface area contributed by atoms with E-state index < -0.39 is 23.3 Å². The Morgan fingerprint density at radius 1 is 0.868 bits per heavy atom. The first-order valence-corrected chi connectivity index (χ1v) is 11.4. The van der Waals surface area contributed by atoms with Crippen LogP contribution in [0.4, 0.5) is 0 Å². The van der Waals surface area contributed by atoms with Crippen molar-refractivity contribution in [3.05, 3.63) is 88.9 Å². The number of H-pyrrole nitrogens is 2. The minimum Gasteiger partial charge on any atom is -0.469 e. The van der Waals surface area contributed by atoms with Crippen molar-refractivity contribution < 1.29 is 28.3 Å². The number of Topliss-reactive ketones (excluding diaryl/α,β-unsaturated/α-hetero) is 1. The van der Waals surface area contributed by atoms with E-state index in [9.17, 15) is 28.8 Å². The van der Waals surface area contributed by atoms with Crippen LogP contribution in [0.25, 0.3) is 21.8 Å². The van der Waals surface area contributed by atoms with Crippen molar-refractivity contribution in [3.63, 3.8) is 0 Å². The van der Waals surface area contributed by atoms with E-state index in [1.54, 1.807) is 31.2 Å². The number of carbonyl (C=O) groups is 3. The molecule has 2 N–H and O–H groups in total. The molecular formula is C25H22Cl2N2O9. The molecule has 0 fully saturated rings. The summed E-state index contributed by atoms with van der Waals surface area (Å²) in [4.78, 5) is 71.1. The predicted molar refractivity (Wildman–Crippen MR) is 141 cm³/mol. The van der Waals surface area contributed by atoms with Crippen LogP contribution in [0.5, 0.6) is 0 Å². The topological polar surface area (TPSA) is 166 Å². The number of methoxy groups -OCH3 is 2. The molecule has 13 heteroatoms. The maximum Gasteiger partial charge on any atom is 0.419 e. The quantitative estimate of drug-likeness (QED) is 0.279. The van der Waals surface area contributed by atoms with Gasteiger partial charge in [0.2, 0.25) is 5.43 Å². The zero-order valence-corrected chi connectivity index (χ0v) is 22.1. The van der Waals surface area contributed by atoms with Crippen LogP contribution in [-0.4, -0.2) is 41.9 Å². The van der Waals surface area contributed by atoms with E-state index in [0.717, 1.165) is 0 Å². The van der Waals surface area contributed by atoms with Crippen molar-refractivity contribution in [1.29, 1.82) is 0 Å². The van der Waals surface area contributed by atoms with E-state index in [4.69, 9.17) is 23.2 Å². The summed E-state index contributed by atoms with van der Waals surface area (Å²) in [5, 5.41) is 1.52. The molecule has 0 saturated carbocycles. The summed E-state index contributed by atoms with van der Waals surface area (Å²) in [5.41, 5.74) is 0.515. The first-order valence-electron chi connectivity index (χ1n) is 10.7. The number of esters is 2. The largest absolute Gasteiger partial charge is 0.469 e. The van der Waals surface area contributed by atoms with Gasteiger partial charge in [-0.15, -0.1) is 0 Å². The highest BCUT2D eigenvalue weighted by atomic mass is 35.5. The lowest BCUT2D eigenvalue weighted by atomic mass is 10.1. The molecule has 0 amide bonds. The predicted octanol–water partition coefficient (Wildman–Crippen LogP) is 3.55. The van der Waals surface area contributed by atoms with E-state index >= 15 is 0 Å². The third-order valence-electron chi connectivity index (χ3n) is 4.78. The smallest absolute Gasteiger partial charge is 0.419 e. The van der Waals surface area contributed by atoms with Crippen LogP contribution < -0.4 is 16.8 Å². The second-order valence-electron chi connectivity index (χ2n) is 7.58. The highest BCUT2D eigenvalue weighted by molar-refractivity contribution is 6.31. The number of halogens is 2. The first-order chi connectivity index (χ1) is 17.9. The first kappa shape index (κ1) is 30.0. The Morgan fingerprint density at radius 2 is 1.42 bits per heavy atom. The average molecular weight is 565 g/mol. The second kappa shape index (κ2) is 13.4. The van der Waals surface area contributed by atoms with Crippen molar-refractivity contribution in [2.24, 2.45) is 0 Å². The summed E-state index contributed by atoms with van der Waals surface area (Å²) in [6.07, 6.45) is -0.115. The zero-order valence-electron chi connectivity index (χ0n) is 20.6. The maximum absolute atomic E-state index is 12.1. The second-order valence-corrected chi connectivity index (χ2v) is 8.46. The molecule has 0 atom stereocenters. The molecule has 0 unspecified atom stereocenters. The molecule has 2 aromatic heterocycles. The van der Waals surface area contributed by atoms with Gasteiger partial charge in [-0.1, -0.05) is 23.2 Å². The molecule has 200 valence electrons. The van der Waals surface area contributed by atoms with Gasteiger partial charge >= 0.3 is 23.3 Å². The summed E-state index contributed by atoms with van der Waals surface area (Å²) in [5.74, 6) is -2.06. The number of rotatable bonds is 3. The van der Waals surface area contributed by atoms with Gasteiger partial charge in [-0.2, -0.15) is 0 Å². The number of aromatic amines is 2. The number of ether oxygens (including phenoxy) is 2. The van der Waals surface area contributed by atoms with Gasteiger partial charge in [0.25, 0.3) is 0 Å². The summed E-state index contributed by atoms with van der Waals surface area (Å²) >= 11 is 11.5. The van der Waals surface area contributed by atoms with Crippen LogP contribution in [0, 0.1) is 6.92 Å². The van der Waals surface area contributed by atoms with E-state index in [0.29, 0.717) is 32.2 Å². The molecule has 0 radical (unpaired) electrons. The van der Waals surface area contributed by atoms with E-state index in [1.165, 1.54) is 33.3 Å². The molecule has 4 aromatic rings. The summed E-state index contributed by atoms with van der Waals surface area (Å²) in [6, 6.07) is 9.49. The molecule has 4 rings (SSSR count). The minimum absolute atomic E-state index is 0.0160. The number of hydrogen-bond acceptors (Lipinski definition) is 9. The highest BCUT2D eigenvalue weighted by Crippen LogP contribution is 2.17. The van der Waals surface area contributed by atoms with Crippen LogP contribution in [0.15, 0.2) is 55.2 Å². The number of nitrogens with one attached hydrogen (secondary N) is 2. The Hall–Kier alpha value is -4.22. The molecule has 38 heavy (non-hydrogen) atoms. The van der Waals surface area contributed by atoms with Gasteiger partial charge in [0.05, 0.1) is 25.1 Å². The molecule has 0 bridgehead atoms. The summed E-state index contributed by atoms with van der Waals surface area (Å²) in [6.45, 7) is 3.00. The molecule has 0 spiro atoms. The molecule has 0 saturated heterocycles. The van der Waals surface area contributed by atoms with Gasteiger partial charge in [0, 0.05) is 26.6 Å². The van der Waals surface area contributed by atoms with Crippen LogP contribution in [0.3, 0.4) is 0 Å². The third-order valence-corrected chi connectivity index (χ3v) is 5.25. The number of fused-ring (bicyclic) bond motifs is 2. The Bertz CT molecular complexity index is 1690. The number of aryl methyl sites for hydroxylation is 1. The van der Waals surface area contributed by atoms with Crippen LogP contribution >= 0.6 is 23.2 Å². The zero-order chi connectivity index (χ0) is 28.6. The van der Waals surface area contributed by atoms with Crippen molar-refractivity contribution in [3.8, 4) is 0 Å². The van der Waals surface area contributed by atoms with Gasteiger partial charge in [0.1, 0.15) is 17.8 Å². The Labute approximate surface area is 224 Å². The summed E-state index contributed by atoms with van der Waals surface area (Å²) < 4.78 is 13.1. The van der Waals surface area contributed by atoms with Gasteiger partial charge in [0.15, 0.2) is 0 Å². The molecular weight excluding hydrogens is 543 g/mol. The Balaban J connectivity index is 0.000000215. The minimum atomic E-state index is -0.764. The number of pyridine rings is 1. The van der Waals surface area contributed by atoms with E-state index in [-0.39, 0.29) is 28.6 Å². The normalized spacial score (nSPS) is 10.1. The molecule has 0 aliphatic carbocycles. The van der Waals surface area contributed by atoms with Gasteiger partial charge < -0.3 is 18.9 Å². The number of benzene rings is 2. The number of hydrogen-bond donors (Lipinski definition) is 2. The molecule has 11 nitrogen and oxygen atoms in total. The van der Waals surface area contributed by atoms with Crippen LogP contribution in [0.2, 0.25) is 10.0 Å². The standard InChI is InChI=1S/C12H10ClNO3.C8H4ClNO3.C5H8O3/c1-6-10(12(16)17-2)11(15)8-5-7(13)3-4-9(8)14-6;9-4-1-2-6-5(3-4)7(11)13-8(12)10-6;1-4(6)3-5(7)8-2/h3-5H,1-2H3,(H,14,15);1-3H,(H,10,12);3H2,1-2H3. The van der Waals surface area contributed by atoms with Crippen molar-refractivity contribution in [2.75, 3.05) is 14.2 Å². The fraction of sp³-hybridized carbons (Fsp3) is 0.200. The fourth-order valence-corrected chi connectivity index (χ4v) is 3.42. The lowest BCUT2D eigenvalue weighted by Gasteiger charge is -2.06. The molecule has 2 aromatic carbocycles. The van der Waals surface area contributed by atoms with Gasteiger partial charge in [-0.05, 0) is 50.2 Å². The lowest BCUT2D eigenvalue weighted by molar-refractivity contribution is -0.142. The van der Waals surface area contributed by atoms with Crippen LogP contribution in [-0.2, 0) is 19.1 Å². The number of aromatic nitrogens is 2. The van der Waals surface area contributed by atoms with Gasteiger partial charge in [-0.25, -0.2) is 14.4 Å².